The number of benzene rings is 1. The SMILES string of the molecule is CCN(CC)[C@@H]1CCN(C(=O)c2cc(COc3ccc(C(C)=O)cc3OC)on2)C1. The van der Waals surface area contributed by atoms with Crippen molar-refractivity contribution in [3.8, 4) is 11.5 Å². The van der Waals surface area contributed by atoms with Gasteiger partial charge in [0.25, 0.3) is 5.91 Å². The number of methoxy groups -OCH3 is 1. The number of ether oxygens (including phenoxy) is 2. The van der Waals surface area contributed by atoms with Crippen LogP contribution in [0, 0.1) is 0 Å². The molecule has 1 saturated heterocycles. The average Bonchev–Trinajstić information content (AvgIpc) is 3.42. The van der Waals surface area contributed by atoms with Crippen molar-refractivity contribution in [2.24, 2.45) is 0 Å². The summed E-state index contributed by atoms with van der Waals surface area (Å²) >= 11 is 0. The number of carbonyl (C=O) groups is 2. The summed E-state index contributed by atoms with van der Waals surface area (Å²) in [6.45, 7) is 9.25. The molecule has 3 rings (SSSR count). The maximum Gasteiger partial charge on any atom is 0.276 e. The Hall–Kier alpha value is -2.87. The van der Waals surface area contributed by atoms with Crippen LogP contribution in [0.5, 0.6) is 11.5 Å². The quantitative estimate of drug-likeness (QED) is 0.582. The van der Waals surface area contributed by atoms with Crippen LogP contribution in [0.25, 0.3) is 0 Å². The van der Waals surface area contributed by atoms with Crippen molar-refractivity contribution in [2.45, 2.75) is 39.8 Å². The van der Waals surface area contributed by atoms with E-state index >= 15 is 0 Å². The van der Waals surface area contributed by atoms with Gasteiger partial charge in [-0.1, -0.05) is 19.0 Å². The second-order valence-electron chi connectivity index (χ2n) is 7.30. The number of amides is 1. The van der Waals surface area contributed by atoms with E-state index in [-0.39, 0.29) is 24.0 Å². The van der Waals surface area contributed by atoms with Crippen LogP contribution in [-0.4, -0.2) is 66.0 Å². The number of nitrogens with zero attached hydrogens (tertiary/aromatic N) is 3. The molecule has 0 bridgehead atoms. The lowest BCUT2D eigenvalue weighted by Crippen LogP contribution is -2.38. The van der Waals surface area contributed by atoms with Crippen molar-refractivity contribution in [2.75, 3.05) is 33.3 Å². The van der Waals surface area contributed by atoms with Gasteiger partial charge < -0.3 is 18.9 Å². The van der Waals surface area contributed by atoms with Gasteiger partial charge in [-0.3, -0.25) is 14.5 Å². The summed E-state index contributed by atoms with van der Waals surface area (Å²) in [7, 11) is 1.51. The second kappa shape index (κ2) is 9.75. The Morgan fingerprint density at radius 3 is 2.67 bits per heavy atom. The first-order chi connectivity index (χ1) is 14.5. The molecule has 0 N–H and O–H groups in total. The number of ketones is 1. The number of hydrogen-bond acceptors (Lipinski definition) is 7. The molecule has 0 radical (unpaired) electrons. The Morgan fingerprint density at radius 1 is 1.23 bits per heavy atom. The van der Waals surface area contributed by atoms with Crippen LogP contribution < -0.4 is 9.47 Å². The predicted molar refractivity (Wildman–Crippen MR) is 111 cm³/mol. The molecule has 1 aromatic carbocycles. The van der Waals surface area contributed by atoms with Gasteiger partial charge in [-0.15, -0.1) is 0 Å². The minimum atomic E-state index is -0.122. The van der Waals surface area contributed by atoms with Gasteiger partial charge in [-0.05, 0) is 44.6 Å². The molecule has 1 aliphatic heterocycles. The van der Waals surface area contributed by atoms with Crippen LogP contribution >= 0.6 is 0 Å². The summed E-state index contributed by atoms with van der Waals surface area (Å²) in [4.78, 5) is 28.5. The Balaban J connectivity index is 1.60. The molecule has 8 nitrogen and oxygen atoms in total. The van der Waals surface area contributed by atoms with E-state index in [0.29, 0.717) is 35.4 Å². The monoisotopic (exact) mass is 415 g/mol. The highest BCUT2D eigenvalue weighted by molar-refractivity contribution is 5.94. The molecule has 0 aliphatic carbocycles. The maximum atomic E-state index is 12.8. The number of rotatable bonds is 9. The minimum absolute atomic E-state index is 0.0524. The second-order valence-corrected chi connectivity index (χ2v) is 7.30. The number of carbonyl (C=O) groups excluding carboxylic acids is 2. The van der Waals surface area contributed by atoms with Gasteiger partial charge >= 0.3 is 0 Å². The third kappa shape index (κ3) is 4.81. The van der Waals surface area contributed by atoms with Crippen LogP contribution in [0.1, 0.15) is 53.8 Å². The first-order valence-corrected chi connectivity index (χ1v) is 10.3. The van der Waals surface area contributed by atoms with Gasteiger partial charge in [0.15, 0.2) is 28.7 Å². The largest absolute Gasteiger partial charge is 0.493 e. The molecule has 0 saturated carbocycles. The van der Waals surface area contributed by atoms with Crippen molar-refractivity contribution in [3.63, 3.8) is 0 Å². The molecule has 1 aliphatic rings. The summed E-state index contributed by atoms with van der Waals surface area (Å²) in [6, 6.07) is 6.99. The van der Waals surface area contributed by atoms with Crippen molar-refractivity contribution >= 4 is 11.7 Å². The molecule has 0 spiro atoms. The fraction of sp³-hybridized carbons (Fsp3) is 0.500. The molecule has 1 aromatic heterocycles. The summed E-state index contributed by atoms with van der Waals surface area (Å²) in [6.07, 6.45) is 0.970. The highest BCUT2D eigenvalue weighted by Crippen LogP contribution is 2.29. The summed E-state index contributed by atoms with van der Waals surface area (Å²) in [5.74, 6) is 1.20. The fourth-order valence-corrected chi connectivity index (χ4v) is 3.76. The lowest BCUT2D eigenvalue weighted by atomic mass is 10.1. The van der Waals surface area contributed by atoms with Crippen molar-refractivity contribution in [3.05, 3.63) is 41.3 Å². The van der Waals surface area contributed by atoms with E-state index in [1.54, 1.807) is 24.3 Å². The van der Waals surface area contributed by atoms with Crippen LogP contribution in [-0.2, 0) is 6.61 Å². The molecule has 1 atom stereocenters. The van der Waals surface area contributed by atoms with E-state index < -0.39 is 0 Å². The zero-order valence-corrected chi connectivity index (χ0v) is 18.0. The average molecular weight is 415 g/mol. The number of likely N-dealkylation sites (N-methyl/N-ethyl adjacent to an activating group) is 1. The molecular formula is C22H29N3O5. The Morgan fingerprint density at radius 2 is 2.00 bits per heavy atom. The van der Waals surface area contributed by atoms with Gasteiger partial charge in [-0.2, -0.15) is 0 Å². The third-order valence-electron chi connectivity index (χ3n) is 5.50. The number of likely N-dealkylation sites (tertiary alicyclic amines) is 1. The van der Waals surface area contributed by atoms with E-state index in [4.69, 9.17) is 14.0 Å². The van der Waals surface area contributed by atoms with E-state index in [1.165, 1.54) is 14.0 Å². The van der Waals surface area contributed by atoms with Crippen LogP contribution in [0.15, 0.2) is 28.8 Å². The lowest BCUT2D eigenvalue weighted by Gasteiger charge is -2.25. The van der Waals surface area contributed by atoms with Crippen LogP contribution in [0.3, 0.4) is 0 Å². The third-order valence-corrected chi connectivity index (χ3v) is 5.50. The van der Waals surface area contributed by atoms with E-state index in [2.05, 4.69) is 23.9 Å². The van der Waals surface area contributed by atoms with E-state index in [1.807, 2.05) is 4.90 Å². The van der Waals surface area contributed by atoms with Crippen molar-refractivity contribution in [1.82, 2.24) is 15.0 Å². The zero-order valence-electron chi connectivity index (χ0n) is 18.0. The first kappa shape index (κ1) is 21.8. The Bertz CT molecular complexity index is 891. The first-order valence-electron chi connectivity index (χ1n) is 10.3. The van der Waals surface area contributed by atoms with Gasteiger partial charge in [0.2, 0.25) is 0 Å². The minimum Gasteiger partial charge on any atom is -0.493 e. The molecular weight excluding hydrogens is 386 g/mol. The zero-order chi connectivity index (χ0) is 21.7. The number of hydrogen-bond donors (Lipinski definition) is 0. The smallest absolute Gasteiger partial charge is 0.276 e. The van der Waals surface area contributed by atoms with Gasteiger partial charge in [-0.25, -0.2) is 0 Å². The summed E-state index contributed by atoms with van der Waals surface area (Å²) in [5.41, 5.74) is 0.827. The highest BCUT2D eigenvalue weighted by Gasteiger charge is 2.31. The van der Waals surface area contributed by atoms with Gasteiger partial charge in [0.1, 0.15) is 6.61 Å². The van der Waals surface area contributed by atoms with Crippen molar-refractivity contribution in [1.29, 1.82) is 0 Å². The molecule has 162 valence electrons. The molecule has 8 heteroatoms. The summed E-state index contributed by atoms with van der Waals surface area (Å²) < 4.78 is 16.3. The Labute approximate surface area is 176 Å². The predicted octanol–water partition coefficient (Wildman–Crippen LogP) is 3.02. The molecule has 30 heavy (non-hydrogen) atoms. The maximum absolute atomic E-state index is 12.8. The standard InChI is InChI=1S/C22H29N3O5/c1-5-24(6-2)17-9-10-25(13-17)22(27)19-12-18(30-23-19)14-29-20-8-7-16(15(3)26)11-21(20)28-4/h7-8,11-12,17H,5-6,9-10,13-14H2,1-4H3/t17-/m1/s1. The summed E-state index contributed by atoms with van der Waals surface area (Å²) in [5, 5.41) is 3.93. The fourth-order valence-electron chi connectivity index (χ4n) is 3.76. The normalized spacial score (nSPS) is 16.2. The van der Waals surface area contributed by atoms with E-state index in [0.717, 1.165) is 26.1 Å². The van der Waals surface area contributed by atoms with Gasteiger partial charge in [0, 0.05) is 30.8 Å². The topological polar surface area (TPSA) is 85.1 Å². The highest BCUT2D eigenvalue weighted by atomic mass is 16.5. The molecule has 1 amide bonds. The van der Waals surface area contributed by atoms with Crippen LogP contribution in [0.4, 0.5) is 0 Å². The van der Waals surface area contributed by atoms with Crippen LogP contribution in [0.2, 0.25) is 0 Å². The molecule has 2 aromatic rings. The van der Waals surface area contributed by atoms with E-state index in [9.17, 15) is 9.59 Å². The van der Waals surface area contributed by atoms with Crippen molar-refractivity contribution < 1.29 is 23.6 Å². The lowest BCUT2D eigenvalue weighted by molar-refractivity contribution is 0.0767. The molecule has 0 unspecified atom stereocenters. The Kier molecular flexibility index (Phi) is 7.10. The number of Topliss-reactive ketones (excluding diaryl/α,β-unsaturated/α-hetero) is 1. The number of aromatic nitrogens is 1. The molecule has 1 fully saturated rings. The molecule has 2 heterocycles. The van der Waals surface area contributed by atoms with Gasteiger partial charge in [0.05, 0.1) is 7.11 Å².